The Hall–Kier alpha value is -4.66. The fourth-order valence-corrected chi connectivity index (χ4v) is 5.87. The minimum absolute atomic E-state index is 0.0796. The zero-order valence-corrected chi connectivity index (χ0v) is 19.7. The summed E-state index contributed by atoms with van der Waals surface area (Å²) in [6.45, 7) is 0.0796. The summed E-state index contributed by atoms with van der Waals surface area (Å²) in [6, 6.07) is 17.9. The fraction of sp³-hybridized carbons (Fsp3) is 0.214. The molecule has 4 aliphatic rings. The molecule has 4 aliphatic heterocycles. The van der Waals surface area contributed by atoms with Crippen molar-refractivity contribution in [3.8, 4) is 17.2 Å². The molecule has 7 rings (SSSR count). The lowest BCUT2D eigenvalue weighted by atomic mass is 9.83. The van der Waals surface area contributed by atoms with Crippen LogP contribution in [0.2, 0.25) is 0 Å². The highest BCUT2D eigenvalue weighted by atomic mass is 16.7. The SMILES string of the molecule is COc1ccc(C(=O)[C@H]2[C@H]3C(=O)N(c4ccc5c(c4)OCO5)C(=O)[C@H]3[C@@H]3c4ccccc4C=NN23)cc1. The van der Waals surface area contributed by atoms with Gasteiger partial charge in [-0.05, 0) is 47.5 Å². The van der Waals surface area contributed by atoms with Gasteiger partial charge >= 0.3 is 0 Å². The number of hydrogen-bond acceptors (Lipinski definition) is 8. The van der Waals surface area contributed by atoms with Gasteiger partial charge in [-0.3, -0.25) is 19.4 Å². The van der Waals surface area contributed by atoms with Crippen LogP contribution in [-0.2, 0) is 9.59 Å². The van der Waals surface area contributed by atoms with Crippen LogP contribution < -0.4 is 19.1 Å². The largest absolute Gasteiger partial charge is 0.497 e. The van der Waals surface area contributed by atoms with E-state index in [0.29, 0.717) is 28.5 Å². The molecule has 0 unspecified atom stereocenters. The first-order chi connectivity index (χ1) is 18.1. The monoisotopic (exact) mass is 495 g/mol. The van der Waals surface area contributed by atoms with E-state index in [2.05, 4.69) is 5.10 Å². The lowest BCUT2D eigenvalue weighted by Gasteiger charge is -2.33. The molecule has 4 atom stereocenters. The van der Waals surface area contributed by atoms with Gasteiger partial charge < -0.3 is 14.2 Å². The van der Waals surface area contributed by atoms with Gasteiger partial charge in [-0.25, -0.2) is 4.90 Å². The molecule has 9 nitrogen and oxygen atoms in total. The molecule has 3 aromatic carbocycles. The second kappa shape index (κ2) is 7.92. The number of rotatable bonds is 4. The van der Waals surface area contributed by atoms with Crippen molar-refractivity contribution in [2.75, 3.05) is 18.8 Å². The third-order valence-corrected chi connectivity index (χ3v) is 7.55. The fourth-order valence-electron chi connectivity index (χ4n) is 5.87. The van der Waals surface area contributed by atoms with Crippen LogP contribution in [0.3, 0.4) is 0 Å². The zero-order valence-electron chi connectivity index (χ0n) is 19.7. The van der Waals surface area contributed by atoms with E-state index in [4.69, 9.17) is 14.2 Å². The lowest BCUT2D eigenvalue weighted by Crippen LogP contribution is -2.44. The molecule has 0 radical (unpaired) electrons. The number of fused-ring (bicyclic) bond motifs is 6. The van der Waals surface area contributed by atoms with Crippen LogP contribution in [0.5, 0.6) is 17.2 Å². The molecule has 0 bridgehead atoms. The summed E-state index contributed by atoms with van der Waals surface area (Å²) in [7, 11) is 1.55. The van der Waals surface area contributed by atoms with E-state index >= 15 is 0 Å². The Morgan fingerprint density at radius 3 is 2.51 bits per heavy atom. The standard InChI is InChI=1S/C28H21N3O6/c1-35-18-9-6-15(7-10-18)26(32)25-23-22(24-19-5-3-2-4-16(19)13-29-31(24)25)27(33)30(28(23)34)17-8-11-20-21(12-17)37-14-36-20/h2-13,22-25H,14H2,1H3/t22-,23+,24+,25-/m1/s1. The first-order valence-corrected chi connectivity index (χ1v) is 11.9. The van der Waals surface area contributed by atoms with Crippen molar-refractivity contribution in [3.63, 3.8) is 0 Å². The number of nitrogens with zero attached hydrogens (tertiary/aromatic N) is 3. The number of benzene rings is 3. The predicted octanol–water partition coefficient (Wildman–Crippen LogP) is 3.19. The summed E-state index contributed by atoms with van der Waals surface area (Å²) in [4.78, 5) is 43.1. The quantitative estimate of drug-likeness (QED) is 0.405. The van der Waals surface area contributed by atoms with Crippen LogP contribution in [0.1, 0.15) is 27.5 Å². The summed E-state index contributed by atoms with van der Waals surface area (Å²) in [6.07, 6.45) is 1.69. The topological polar surface area (TPSA) is 97.7 Å². The molecule has 0 spiro atoms. The summed E-state index contributed by atoms with van der Waals surface area (Å²) in [5.41, 5.74) is 2.54. The number of carbonyl (C=O) groups is 3. The highest BCUT2D eigenvalue weighted by Crippen LogP contribution is 2.53. The number of imide groups is 1. The van der Waals surface area contributed by atoms with Gasteiger partial charge in [0.05, 0.1) is 36.9 Å². The van der Waals surface area contributed by atoms with Crippen molar-refractivity contribution in [3.05, 3.63) is 83.4 Å². The minimum atomic E-state index is -0.941. The molecule has 2 fully saturated rings. The number of carbonyl (C=O) groups excluding carboxylic acids is 3. The van der Waals surface area contributed by atoms with E-state index in [1.165, 1.54) is 4.90 Å². The van der Waals surface area contributed by atoms with Crippen LogP contribution in [0, 0.1) is 11.8 Å². The number of hydrogen-bond donors (Lipinski definition) is 0. The number of methoxy groups -OCH3 is 1. The molecule has 4 heterocycles. The number of ketones is 1. The Morgan fingerprint density at radius 1 is 0.946 bits per heavy atom. The van der Waals surface area contributed by atoms with Gasteiger partial charge in [0.1, 0.15) is 11.8 Å². The van der Waals surface area contributed by atoms with Gasteiger partial charge in [-0.15, -0.1) is 0 Å². The second-order valence-electron chi connectivity index (χ2n) is 9.34. The summed E-state index contributed by atoms with van der Waals surface area (Å²) >= 11 is 0. The Balaban J connectivity index is 1.34. The predicted molar refractivity (Wildman–Crippen MR) is 132 cm³/mol. The van der Waals surface area contributed by atoms with Gasteiger partial charge in [-0.1, -0.05) is 24.3 Å². The van der Waals surface area contributed by atoms with Crippen molar-refractivity contribution >= 4 is 29.5 Å². The molecule has 3 aromatic rings. The normalized spacial score (nSPS) is 24.7. The van der Waals surface area contributed by atoms with Crippen molar-refractivity contribution < 1.29 is 28.6 Å². The van der Waals surface area contributed by atoms with Crippen LogP contribution >= 0.6 is 0 Å². The molecule has 9 heteroatoms. The maximum Gasteiger partial charge on any atom is 0.240 e. The highest BCUT2D eigenvalue weighted by molar-refractivity contribution is 6.24. The molecule has 0 saturated carbocycles. The Labute approximate surface area is 211 Å². The number of hydrazone groups is 1. The van der Waals surface area contributed by atoms with Gasteiger partial charge in [0.25, 0.3) is 0 Å². The van der Waals surface area contributed by atoms with E-state index in [0.717, 1.165) is 11.1 Å². The van der Waals surface area contributed by atoms with Crippen molar-refractivity contribution in [1.82, 2.24) is 5.01 Å². The van der Waals surface area contributed by atoms with E-state index in [-0.39, 0.29) is 18.5 Å². The summed E-state index contributed by atoms with van der Waals surface area (Å²) in [5.74, 6) is -1.10. The van der Waals surface area contributed by atoms with E-state index in [1.54, 1.807) is 60.8 Å². The second-order valence-corrected chi connectivity index (χ2v) is 9.34. The average molecular weight is 495 g/mol. The summed E-state index contributed by atoms with van der Waals surface area (Å²) in [5, 5.41) is 6.24. The van der Waals surface area contributed by atoms with Gasteiger partial charge in [0.15, 0.2) is 17.3 Å². The minimum Gasteiger partial charge on any atom is -0.497 e. The maximum atomic E-state index is 14.0. The van der Waals surface area contributed by atoms with E-state index in [1.807, 2.05) is 24.3 Å². The van der Waals surface area contributed by atoms with Crippen LogP contribution in [-0.4, -0.2) is 48.8 Å². The molecule has 0 aliphatic carbocycles. The molecule has 0 N–H and O–H groups in total. The van der Waals surface area contributed by atoms with Crippen LogP contribution in [0.4, 0.5) is 5.69 Å². The third-order valence-electron chi connectivity index (χ3n) is 7.55. The maximum absolute atomic E-state index is 14.0. The third kappa shape index (κ3) is 3.03. The molecule has 0 aromatic heterocycles. The molecule has 184 valence electrons. The Bertz CT molecular complexity index is 1500. The van der Waals surface area contributed by atoms with Crippen LogP contribution in [0.15, 0.2) is 71.8 Å². The Kier molecular flexibility index (Phi) is 4.63. The van der Waals surface area contributed by atoms with Crippen molar-refractivity contribution in [2.24, 2.45) is 16.9 Å². The number of amides is 2. The Morgan fingerprint density at radius 2 is 1.70 bits per heavy atom. The average Bonchev–Trinajstić information content (AvgIpc) is 3.61. The van der Waals surface area contributed by atoms with Gasteiger partial charge in [0.2, 0.25) is 18.6 Å². The first-order valence-electron chi connectivity index (χ1n) is 11.9. The van der Waals surface area contributed by atoms with E-state index < -0.39 is 29.8 Å². The van der Waals surface area contributed by atoms with Crippen LogP contribution in [0.25, 0.3) is 0 Å². The van der Waals surface area contributed by atoms with Gasteiger partial charge in [-0.2, -0.15) is 5.10 Å². The zero-order chi connectivity index (χ0) is 25.3. The smallest absolute Gasteiger partial charge is 0.240 e. The van der Waals surface area contributed by atoms with Crippen molar-refractivity contribution in [1.29, 1.82) is 0 Å². The van der Waals surface area contributed by atoms with E-state index in [9.17, 15) is 14.4 Å². The first kappa shape index (κ1) is 21.6. The summed E-state index contributed by atoms with van der Waals surface area (Å²) < 4.78 is 16.1. The molecule has 2 amide bonds. The molecule has 2 saturated heterocycles. The molecular weight excluding hydrogens is 474 g/mol. The van der Waals surface area contributed by atoms with Gasteiger partial charge in [0, 0.05) is 11.6 Å². The molecule has 37 heavy (non-hydrogen) atoms. The lowest BCUT2D eigenvalue weighted by molar-refractivity contribution is -0.124. The highest BCUT2D eigenvalue weighted by Gasteiger charge is 2.65. The number of anilines is 1. The van der Waals surface area contributed by atoms with Crippen molar-refractivity contribution in [2.45, 2.75) is 12.1 Å². The number of Topliss-reactive ketones (excluding diaryl/α,β-unsaturated/α-hetero) is 1. The number of ether oxygens (including phenoxy) is 3. The molecular formula is C28H21N3O6.